The van der Waals surface area contributed by atoms with E-state index in [1.807, 2.05) is 0 Å². The maximum atomic E-state index is 10.9. The van der Waals surface area contributed by atoms with E-state index in [9.17, 15) is 19.2 Å². The largest absolute Gasteiger partial charge is 0.465 e. The van der Waals surface area contributed by atoms with Crippen molar-refractivity contribution in [1.29, 1.82) is 0 Å². The van der Waals surface area contributed by atoms with E-state index in [0.717, 1.165) is 0 Å². The molecule has 0 rings (SSSR count). The highest BCUT2D eigenvalue weighted by Gasteiger charge is 2.07. The average Bonchev–Trinajstić information content (AvgIpc) is 2.21. The summed E-state index contributed by atoms with van der Waals surface area (Å²) in [5.74, 6) is -1.52. The predicted octanol–water partition coefficient (Wildman–Crippen LogP) is 1.23. The molecule has 5 nitrogen and oxygen atoms in total. The van der Waals surface area contributed by atoms with E-state index < -0.39 is 11.8 Å². The van der Waals surface area contributed by atoms with Gasteiger partial charge in [-0.05, 0) is 26.2 Å². The molecule has 0 aliphatic heterocycles. The molecule has 0 amide bonds. The van der Waals surface area contributed by atoms with Crippen molar-refractivity contribution in [1.82, 2.24) is 0 Å². The van der Waals surface area contributed by atoms with Crippen LogP contribution in [-0.2, 0) is 23.9 Å². The summed E-state index contributed by atoms with van der Waals surface area (Å²) in [5.41, 5.74) is 0. The minimum absolute atomic E-state index is 0.192. The van der Waals surface area contributed by atoms with E-state index >= 15 is 0 Å². The van der Waals surface area contributed by atoms with Crippen LogP contribution in [0.1, 0.15) is 46.0 Å². The Morgan fingerprint density at radius 2 is 1.59 bits per heavy atom. The standard InChI is InChI=1S/C12H18O5/c1-9(13)8-12(16)17-7-5-3-4-6-11(15)10(2)14/h3-8H2,1-2H3. The van der Waals surface area contributed by atoms with Gasteiger partial charge >= 0.3 is 5.97 Å². The lowest BCUT2D eigenvalue weighted by Gasteiger charge is -2.03. The zero-order chi connectivity index (χ0) is 13.3. The molecule has 0 aliphatic rings. The van der Waals surface area contributed by atoms with Gasteiger partial charge in [0.1, 0.15) is 12.2 Å². The second-order valence-corrected chi connectivity index (χ2v) is 3.89. The predicted molar refractivity (Wildman–Crippen MR) is 60.4 cm³/mol. The lowest BCUT2D eigenvalue weighted by Crippen LogP contribution is -2.10. The van der Waals surface area contributed by atoms with Gasteiger partial charge < -0.3 is 4.74 Å². The number of Topliss-reactive ketones (excluding diaryl/α,β-unsaturated/α-hetero) is 3. The third-order valence-corrected chi connectivity index (χ3v) is 2.10. The van der Waals surface area contributed by atoms with Crippen molar-refractivity contribution in [3.05, 3.63) is 0 Å². The van der Waals surface area contributed by atoms with Crippen LogP contribution >= 0.6 is 0 Å². The first-order valence-corrected chi connectivity index (χ1v) is 5.62. The van der Waals surface area contributed by atoms with E-state index in [4.69, 9.17) is 4.74 Å². The Kier molecular flexibility index (Phi) is 7.84. The average molecular weight is 242 g/mol. The second-order valence-electron chi connectivity index (χ2n) is 3.89. The van der Waals surface area contributed by atoms with Crippen molar-refractivity contribution in [3.8, 4) is 0 Å². The first-order chi connectivity index (χ1) is 7.93. The smallest absolute Gasteiger partial charge is 0.313 e. The summed E-state index contributed by atoms with van der Waals surface area (Å²) in [6.07, 6.45) is 2.02. The van der Waals surface area contributed by atoms with Crippen molar-refractivity contribution in [2.24, 2.45) is 0 Å². The van der Waals surface area contributed by atoms with Crippen LogP contribution in [0.4, 0.5) is 0 Å². The molecule has 0 N–H and O–H groups in total. The molecule has 0 saturated heterocycles. The Balaban J connectivity index is 3.41. The number of carbonyl (C=O) groups is 4. The van der Waals surface area contributed by atoms with Gasteiger partial charge in [-0.1, -0.05) is 0 Å². The van der Waals surface area contributed by atoms with Crippen LogP contribution in [0.25, 0.3) is 0 Å². The molecule has 96 valence electrons. The molecule has 0 unspecified atom stereocenters. The first-order valence-electron chi connectivity index (χ1n) is 5.62. The molecule has 0 radical (unpaired) electrons. The summed E-state index contributed by atoms with van der Waals surface area (Å²) in [6, 6.07) is 0. The monoisotopic (exact) mass is 242 g/mol. The molecule has 0 bridgehead atoms. The minimum Gasteiger partial charge on any atom is -0.465 e. The number of ether oxygens (including phenoxy) is 1. The van der Waals surface area contributed by atoms with Crippen LogP contribution in [0.3, 0.4) is 0 Å². The van der Waals surface area contributed by atoms with Crippen molar-refractivity contribution < 1.29 is 23.9 Å². The Hall–Kier alpha value is -1.52. The summed E-state index contributed by atoms with van der Waals surface area (Å²) in [4.78, 5) is 43.0. The van der Waals surface area contributed by atoms with Gasteiger partial charge in [-0.3, -0.25) is 19.2 Å². The highest BCUT2D eigenvalue weighted by Crippen LogP contribution is 2.02. The van der Waals surface area contributed by atoms with Crippen molar-refractivity contribution in [3.63, 3.8) is 0 Å². The number of rotatable bonds is 9. The molecule has 0 heterocycles. The molecule has 0 atom stereocenters. The van der Waals surface area contributed by atoms with Crippen molar-refractivity contribution >= 4 is 23.3 Å². The lowest BCUT2D eigenvalue weighted by molar-refractivity contribution is -0.145. The number of ketones is 3. The molecule has 17 heavy (non-hydrogen) atoms. The minimum atomic E-state index is -0.516. The Morgan fingerprint density at radius 3 is 2.12 bits per heavy atom. The number of hydrogen-bond acceptors (Lipinski definition) is 5. The highest BCUT2D eigenvalue weighted by molar-refractivity contribution is 6.36. The van der Waals surface area contributed by atoms with Crippen LogP contribution < -0.4 is 0 Å². The first kappa shape index (κ1) is 15.5. The molecular weight excluding hydrogens is 224 g/mol. The topological polar surface area (TPSA) is 77.5 Å². The molecule has 0 aliphatic carbocycles. The third-order valence-electron chi connectivity index (χ3n) is 2.10. The summed E-state index contributed by atoms with van der Waals surface area (Å²) in [5, 5.41) is 0. The summed E-state index contributed by atoms with van der Waals surface area (Å²) < 4.78 is 4.80. The number of unbranched alkanes of at least 4 members (excludes halogenated alkanes) is 2. The van der Waals surface area contributed by atoms with Crippen molar-refractivity contribution in [2.75, 3.05) is 6.61 Å². The van der Waals surface area contributed by atoms with Gasteiger partial charge in [0.05, 0.1) is 6.61 Å². The van der Waals surface area contributed by atoms with Gasteiger partial charge in [-0.25, -0.2) is 0 Å². The normalized spacial score (nSPS) is 9.76. The lowest BCUT2D eigenvalue weighted by atomic mass is 10.1. The maximum Gasteiger partial charge on any atom is 0.313 e. The quantitative estimate of drug-likeness (QED) is 0.263. The van der Waals surface area contributed by atoms with E-state index in [1.165, 1.54) is 13.8 Å². The van der Waals surface area contributed by atoms with Gasteiger partial charge in [0.2, 0.25) is 0 Å². The summed E-state index contributed by atoms with van der Waals surface area (Å²) in [7, 11) is 0. The number of hydrogen-bond donors (Lipinski definition) is 0. The fraction of sp³-hybridized carbons (Fsp3) is 0.667. The van der Waals surface area contributed by atoms with Gasteiger partial charge in [-0.2, -0.15) is 0 Å². The molecule has 0 aromatic heterocycles. The van der Waals surface area contributed by atoms with Crippen molar-refractivity contribution in [2.45, 2.75) is 46.0 Å². The Labute approximate surface area is 101 Å². The van der Waals surface area contributed by atoms with Crippen LogP contribution in [0.5, 0.6) is 0 Å². The van der Waals surface area contributed by atoms with E-state index in [0.29, 0.717) is 19.3 Å². The Morgan fingerprint density at radius 1 is 0.941 bits per heavy atom. The van der Waals surface area contributed by atoms with E-state index in [1.54, 1.807) is 0 Å². The summed E-state index contributed by atoms with van der Waals surface area (Å²) in [6.45, 7) is 2.83. The number of esters is 1. The molecule has 0 saturated carbocycles. The Bertz CT molecular complexity index is 306. The van der Waals surface area contributed by atoms with Crippen LogP contribution in [0.2, 0.25) is 0 Å². The SMILES string of the molecule is CC(=O)CC(=O)OCCCCCC(=O)C(C)=O. The van der Waals surface area contributed by atoms with Crippen LogP contribution in [0.15, 0.2) is 0 Å². The zero-order valence-corrected chi connectivity index (χ0v) is 10.3. The zero-order valence-electron chi connectivity index (χ0n) is 10.3. The fourth-order valence-corrected chi connectivity index (χ4v) is 1.18. The molecule has 0 aromatic rings. The second kappa shape index (κ2) is 8.61. The van der Waals surface area contributed by atoms with Gasteiger partial charge in [0.25, 0.3) is 0 Å². The fourth-order valence-electron chi connectivity index (χ4n) is 1.18. The maximum absolute atomic E-state index is 10.9. The van der Waals surface area contributed by atoms with Gasteiger partial charge in [0.15, 0.2) is 11.6 Å². The number of carbonyl (C=O) groups excluding carboxylic acids is 4. The van der Waals surface area contributed by atoms with Crippen LogP contribution in [-0.4, -0.2) is 29.9 Å². The highest BCUT2D eigenvalue weighted by atomic mass is 16.5. The van der Waals surface area contributed by atoms with E-state index in [2.05, 4.69) is 0 Å². The molecule has 5 heteroatoms. The molecule has 0 fully saturated rings. The molecular formula is C12H18O5. The van der Waals surface area contributed by atoms with E-state index in [-0.39, 0.29) is 31.0 Å². The van der Waals surface area contributed by atoms with Crippen LogP contribution in [0, 0.1) is 0 Å². The summed E-state index contributed by atoms with van der Waals surface area (Å²) >= 11 is 0. The van der Waals surface area contributed by atoms with Gasteiger partial charge in [-0.15, -0.1) is 0 Å². The molecule has 0 aromatic carbocycles. The third kappa shape index (κ3) is 9.41. The molecule has 0 spiro atoms. The van der Waals surface area contributed by atoms with Gasteiger partial charge in [0, 0.05) is 13.3 Å².